The molecule has 0 bridgehead atoms. The van der Waals surface area contributed by atoms with Gasteiger partial charge in [-0.05, 0) is 30.2 Å². The molecule has 0 unspecified atom stereocenters. The summed E-state index contributed by atoms with van der Waals surface area (Å²) in [5, 5.41) is 3.42. The van der Waals surface area contributed by atoms with Gasteiger partial charge in [-0.1, -0.05) is 76.8 Å². The Labute approximate surface area is 124 Å². The van der Waals surface area contributed by atoms with Crippen molar-refractivity contribution in [2.24, 2.45) is 0 Å². The Morgan fingerprint density at radius 1 is 1.00 bits per heavy atom. The van der Waals surface area contributed by atoms with Crippen LogP contribution in [-0.2, 0) is 0 Å². The van der Waals surface area contributed by atoms with Crippen molar-refractivity contribution in [1.29, 1.82) is 0 Å². The number of rotatable bonds is 2. The molecule has 108 valence electrons. The zero-order valence-corrected chi connectivity index (χ0v) is 13.4. The van der Waals surface area contributed by atoms with Crippen LogP contribution in [0.15, 0.2) is 66.4 Å². The Morgan fingerprint density at radius 2 is 1.65 bits per heavy atom. The van der Waals surface area contributed by atoms with Crippen molar-refractivity contribution in [1.82, 2.24) is 0 Å². The van der Waals surface area contributed by atoms with Gasteiger partial charge in [0, 0.05) is 11.4 Å². The first-order chi connectivity index (χ1) is 9.85. The maximum atomic E-state index is 3.84. The quantitative estimate of drug-likeness (QED) is 0.674. The summed E-state index contributed by atoms with van der Waals surface area (Å²) in [5.74, 6) is 0. The molecule has 0 aromatic heterocycles. The van der Waals surface area contributed by atoms with Crippen molar-refractivity contribution >= 4 is 11.8 Å². The number of hydrogen-bond donors (Lipinski definition) is 1. The maximum Gasteiger partial charge on any atom is 0.0457 e. The number of benzene rings is 1. The van der Waals surface area contributed by atoms with Crippen LogP contribution in [0.2, 0.25) is 0 Å². The van der Waals surface area contributed by atoms with Crippen molar-refractivity contribution in [2.75, 3.05) is 5.32 Å². The van der Waals surface area contributed by atoms with Crippen molar-refractivity contribution < 1.29 is 0 Å². The van der Waals surface area contributed by atoms with Gasteiger partial charge in [0.05, 0.1) is 0 Å². The summed E-state index contributed by atoms with van der Waals surface area (Å²) in [5.41, 5.74) is 4.51. The summed E-state index contributed by atoms with van der Waals surface area (Å²) in [6.45, 7) is 13.8. The van der Waals surface area contributed by atoms with Gasteiger partial charge >= 0.3 is 0 Å². The minimum Gasteiger partial charge on any atom is -0.355 e. The second kappa shape index (κ2) is 10.9. The van der Waals surface area contributed by atoms with Gasteiger partial charge in [0.15, 0.2) is 0 Å². The van der Waals surface area contributed by atoms with E-state index in [2.05, 4.69) is 42.3 Å². The molecule has 0 aliphatic carbocycles. The highest BCUT2D eigenvalue weighted by Gasteiger charge is 2.06. The minimum atomic E-state index is 1.08. The van der Waals surface area contributed by atoms with Gasteiger partial charge in [-0.25, -0.2) is 0 Å². The largest absolute Gasteiger partial charge is 0.355 e. The number of fused-ring (bicyclic) bond motifs is 1. The van der Waals surface area contributed by atoms with Crippen LogP contribution < -0.4 is 5.32 Å². The Bertz CT molecular complexity index is 490. The third-order valence-electron chi connectivity index (χ3n) is 2.54. The van der Waals surface area contributed by atoms with Crippen LogP contribution in [0.5, 0.6) is 0 Å². The average Bonchev–Trinajstić information content (AvgIpc) is 2.70. The fourth-order valence-corrected chi connectivity index (χ4v) is 1.73. The summed E-state index contributed by atoms with van der Waals surface area (Å²) in [7, 11) is 0. The van der Waals surface area contributed by atoms with E-state index >= 15 is 0 Å². The molecule has 1 aromatic rings. The first-order valence-electron chi connectivity index (χ1n) is 7.38. The molecule has 0 saturated heterocycles. The predicted molar refractivity (Wildman–Crippen MR) is 93.8 cm³/mol. The molecule has 1 heteroatoms. The molecule has 0 spiro atoms. The van der Waals surface area contributed by atoms with Gasteiger partial charge in [-0.2, -0.15) is 0 Å². The molecule has 1 aliphatic rings. The number of nitrogens with one attached hydrogen (secondary N) is 1. The summed E-state index contributed by atoms with van der Waals surface area (Å²) in [4.78, 5) is 0. The second-order valence-corrected chi connectivity index (χ2v) is 3.62. The van der Waals surface area contributed by atoms with E-state index < -0.39 is 0 Å². The van der Waals surface area contributed by atoms with Crippen molar-refractivity contribution in [3.8, 4) is 0 Å². The predicted octanol–water partition coefficient (Wildman–Crippen LogP) is 6.19. The smallest absolute Gasteiger partial charge is 0.0457 e. The van der Waals surface area contributed by atoms with Gasteiger partial charge in [0.25, 0.3) is 0 Å². The minimum absolute atomic E-state index is 1.08. The molecule has 0 radical (unpaired) electrons. The molecule has 1 heterocycles. The van der Waals surface area contributed by atoms with E-state index in [-0.39, 0.29) is 0 Å². The van der Waals surface area contributed by atoms with Crippen LogP contribution in [0, 0.1) is 0 Å². The van der Waals surface area contributed by atoms with E-state index in [1.54, 1.807) is 0 Å². The molecule has 1 aliphatic heterocycles. The molecule has 1 aromatic carbocycles. The molecule has 0 amide bonds. The molecule has 1 nitrogen and oxygen atoms in total. The molecule has 1 N–H and O–H groups in total. The fraction of sp³-hybridized carbons (Fsp3) is 0.263. The Morgan fingerprint density at radius 3 is 2.25 bits per heavy atom. The van der Waals surface area contributed by atoms with E-state index in [9.17, 15) is 0 Å². The van der Waals surface area contributed by atoms with Gasteiger partial charge in [-0.15, -0.1) is 0 Å². The average molecular weight is 269 g/mol. The standard InChI is InChI=1S/C15H15N.2C2H6/c1-3-7-14-12(4-2)10-11-13-8-5-6-9-15(13)16-14;2*1-2/h3-11,16H,2H2,1H3;2*1-2H3/b7-3-;;. The van der Waals surface area contributed by atoms with Crippen LogP contribution in [-0.4, -0.2) is 0 Å². The normalized spacial score (nSPS) is 12.2. The van der Waals surface area contributed by atoms with Crippen molar-refractivity contribution in [2.45, 2.75) is 34.6 Å². The van der Waals surface area contributed by atoms with E-state index in [0.717, 1.165) is 17.0 Å². The topological polar surface area (TPSA) is 12.0 Å². The van der Waals surface area contributed by atoms with Gasteiger partial charge in [0.2, 0.25) is 0 Å². The summed E-state index contributed by atoms with van der Waals surface area (Å²) in [6, 6.07) is 8.25. The first-order valence-corrected chi connectivity index (χ1v) is 7.38. The lowest BCUT2D eigenvalue weighted by Crippen LogP contribution is -1.99. The number of para-hydroxylation sites is 1. The summed E-state index contributed by atoms with van der Waals surface area (Å²) >= 11 is 0. The third-order valence-corrected chi connectivity index (χ3v) is 2.54. The van der Waals surface area contributed by atoms with Crippen molar-refractivity contribution in [3.63, 3.8) is 0 Å². The first kappa shape index (κ1) is 18.0. The van der Waals surface area contributed by atoms with Gasteiger partial charge in [-0.3, -0.25) is 0 Å². The zero-order valence-electron chi connectivity index (χ0n) is 13.4. The summed E-state index contributed by atoms with van der Waals surface area (Å²) in [6.07, 6.45) is 10.1. The molecular formula is C19H27N. The van der Waals surface area contributed by atoms with Crippen LogP contribution in [0.1, 0.15) is 40.2 Å². The lowest BCUT2D eigenvalue weighted by atomic mass is 10.1. The van der Waals surface area contributed by atoms with Crippen molar-refractivity contribution in [3.05, 3.63) is 72.0 Å². The molecule has 0 fully saturated rings. The molecular weight excluding hydrogens is 242 g/mol. The van der Waals surface area contributed by atoms with E-state index in [4.69, 9.17) is 0 Å². The van der Waals surface area contributed by atoms with E-state index in [1.165, 1.54) is 5.56 Å². The Kier molecular flexibility index (Phi) is 9.76. The summed E-state index contributed by atoms with van der Waals surface area (Å²) < 4.78 is 0. The van der Waals surface area contributed by atoms with E-state index in [1.807, 2.05) is 58.9 Å². The second-order valence-electron chi connectivity index (χ2n) is 3.62. The maximum absolute atomic E-state index is 3.84. The molecule has 0 saturated carbocycles. The fourth-order valence-electron chi connectivity index (χ4n) is 1.73. The lowest BCUT2D eigenvalue weighted by Gasteiger charge is -2.09. The van der Waals surface area contributed by atoms with Gasteiger partial charge < -0.3 is 5.32 Å². The SMILES string of the molecule is C=CC1=C(/C=C\C)Nc2ccccc2C=C1.CC.CC. The lowest BCUT2D eigenvalue weighted by molar-refractivity contribution is 1.43. The molecule has 2 rings (SSSR count). The van der Waals surface area contributed by atoms with Crippen LogP contribution in [0.3, 0.4) is 0 Å². The number of hydrogen-bond acceptors (Lipinski definition) is 1. The van der Waals surface area contributed by atoms with E-state index in [0.29, 0.717) is 0 Å². The Balaban J connectivity index is 0.000000829. The van der Waals surface area contributed by atoms with Gasteiger partial charge in [0.1, 0.15) is 0 Å². The highest BCUT2D eigenvalue weighted by atomic mass is 14.9. The molecule has 0 atom stereocenters. The zero-order chi connectivity index (χ0) is 15.4. The molecule has 20 heavy (non-hydrogen) atoms. The monoisotopic (exact) mass is 269 g/mol. The number of allylic oxidation sites excluding steroid dienone is 5. The van der Waals surface area contributed by atoms with Crippen LogP contribution in [0.25, 0.3) is 6.08 Å². The number of anilines is 1. The van der Waals surface area contributed by atoms with Crippen LogP contribution >= 0.6 is 0 Å². The Hall–Kier alpha value is -2.02. The third kappa shape index (κ3) is 4.93. The highest BCUT2D eigenvalue weighted by Crippen LogP contribution is 2.25. The highest BCUT2D eigenvalue weighted by molar-refractivity contribution is 5.74. The van der Waals surface area contributed by atoms with Crippen LogP contribution in [0.4, 0.5) is 5.69 Å².